The van der Waals surface area contributed by atoms with Crippen LogP contribution in [0.2, 0.25) is 0 Å². The Balaban J connectivity index is 1.63. The number of nitrogens with one attached hydrogen (secondary N) is 1. The van der Waals surface area contributed by atoms with Crippen LogP contribution in [-0.4, -0.2) is 33.5 Å². The lowest BCUT2D eigenvalue weighted by atomic mass is 10.3. The first-order valence-corrected chi connectivity index (χ1v) is 9.04. The minimum Gasteiger partial charge on any atom is -0.495 e. The molecule has 0 saturated carbocycles. The molecule has 2 heterocycles. The predicted molar refractivity (Wildman–Crippen MR) is 96.7 cm³/mol. The van der Waals surface area contributed by atoms with Crippen molar-refractivity contribution in [2.45, 2.75) is 5.16 Å². The Morgan fingerprint density at radius 1 is 1.29 bits per heavy atom. The number of ether oxygens (including phenoxy) is 1. The number of hydrogen-bond donors (Lipinski definition) is 1. The summed E-state index contributed by atoms with van der Waals surface area (Å²) in [5.74, 6) is 1.56. The molecule has 0 aliphatic heterocycles. The van der Waals surface area contributed by atoms with E-state index in [1.807, 2.05) is 41.3 Å². The lowest BCUT2D eigenvalue weighted by Crippen LogP contribution is -2.15. The molecule has 3 aromatic rings. The highest BCUT2D eigenvalue weighted by molar-refractivity contribution is 7.99. The van der Waals surface area contributed by atoms with Gasteiger partial charge in [0.25, 0.3) is 0 Å². The van der Waals surface area contributed by atoms with Gasteiger partial charge in [-0.2, -0.15) is 0 Å². The summed E-state index contributed by atoms with van der Waals surface area (Å²) in [6, 6.07) is 11.3. The minimum atomic E-state index is -0.120. The van der Waals surface area contributed by atoms with Gasteiger partial charge >= 0.3 is 0 Å². The van der Waals surface area contributed by atoms with Gasteiger partial charge in [0.1, 0.15) is 5.75 Å². The van der Waals surface area contributed by atoms with Crippen LogP contribution in [0.15, 0.2) is 46.9 Å². The molecule has 6 nitrogen and oxygen atoms in total. The smallest absolute Gasteiger partial charge is 0.234 e. The largest absolute Gasteiger partial charge is 0.495 e. The fraction of sp³-hybridized carbons (Fsp3) is 0.188. The second-order valence-corrected chi connectivity index (χ2v) is 6.77. The van der Waals surface area contributed by atoms with E-state index in [1.165, 1.54) is 11.8 Å². The van der Waals surface area contributed by atoms with Crippen LogP contribution < -0.4 is 10.1 Å². The van der Waals surface area contributed by atoms with Gasteiger partial charge in [0, 0.05) is 7.05 Å². The van der Waals surface area contributed by atoms with Gasteiger partial charge in [0.2, 0.25) is 5.91 Å². The second kappa shape index (κ2) is 7.50. The third-order valence-electron chi connectivity index (χ3n) is 3.29. The summed E-state index contributed by atoms with van der Waals surface area (Å²) >= 11 is 2.96. The number of para-hydroxylation sites is 2. The normalized spacial score (nSPS) is 10.6. The van der Waals surface area contributed by atoms with Crippen molar-refractivity contribution in [3.05, 3.63) is 41.8 Å². The number of anilines is 1. The summed E-state index contributed by atoms with van der Waals surface area (Å²) in [7, 11) is 3.47. The first-order chi connectivity index (χ1) is 11.7. The van der Waals surface area contributed by atoms with E-state index < -0.39 is 0 Å². The molecular formula is C16H16N4O2S2. The van der Waals surface area contributed by atoms with Crippen molar-refractivity contribution in [1.82, 2.24) is 14.8 Å². The van der Waals surface area contributed by atoms with Gasteiger partial charge in [-0.25, -0.2) is 0 Å². The van der Waals surface area contributed by atoms with Crippen molar-refractivity contribution < 1.29 is 9.53 Å². The molecule has 3 rings (SSSR count). The first-order valence-electron chi connectivity index (χ1n) is 7.18. The topological polar surface area (TPSA) is 69.0 Å². The van der Waals surface area contributed by atoms with Crippen LogP contribution in [-0.2, 0) is 11.8 Å². The van der Waals surface area contributed by atoms with E-state index in [-0.39, 0.29) is 11.7 Å². The minimum absolute atomic E-state index is 0.120. The molecule has 0 saturated heterocycles. The molecule has 0 fully saturated rings. The Bertz CT molecular complexity index is 830. The van der Waals surface area contributed by atoms with Crippen LogP contribution in [0.5, 0.6) is 5.75 Å². The average molecular weight is 360 g/mol. The summed E-state index contributed by atoms with van der Waals surface area (Å²) in [4.78, 5) is 13.2. The van der Waals surface area contributed by atoms with Crippen molar-refractivity contribution >= 4 is 34.7 Å². The molecule has 0 atom stereocenters. The fourth-order valence-electron chi connectivity index (χ4n) is 2.13. The molecule has 1 aromatic carbocycles. The quantitative estimate of drug-likeness (QED) is 0.683. The highest BCUT2D eigenvalue weighted by atomic mass is 32.2. The first kappa shape index (κ1) is 16.5. The van der Waals surface area contributed by atoms with Gasteiger partial charge in [-0.05, 0) is 23.6 Å². The van der Waals surface area contributed by atoms with Crippen LogP contribution in [0.4, 0.5) is 5.69 Å². The lowest BCUT2D eigenvalue weighted by Gasteiger charge is -2.09. The van der Waals surface area contributed by atoms with Crippen molar-refractivity contribution in [1.29, 1.82) is 0 Å². The average Bonchev–Trinajstić information content (AvgIpc) is 3.23. The summed E-state index contributed by atoms with van der Waals surface area (Å²) in [5.41, 5.74) is 0.655. The second-order valence-electron chi connectivity index (χ2n) is 4.88. The van der Waals surface area contributed by atoms with E-state index >= 15 is 0 Å². The van der Waals surface area contributed by atoms with Crippen molar-refractivity contribution in [3.8, 4) is 16.5 Å². The molecule has 0 aliphatic rings. The Morgan fingerprint density at radius 3 is 2.88 bits per heavy atom. The maximum atomic E-state index is 12.2. The Hall–Kier alpha value is -2.32. The lowest BCUT2D eigenvalue weighted by molar-refractivity contribution is -0.113. The van der Waals surface area contributed by atoms with E-state index in [4.69, 9.17) is 4.74 Å². The summed E-state index contributed by atoms with van der Waals surface area (Å²) in [5, 5.41) is 13.9. The van der Waals surface area contributed by atoms with Crippen molar-refractivity contribution in [3.63, 3.8) is 0 Å². The molecule has 1 N–H and O–H groups in total. The van der Waals surface area contributed by atoms with Crippen molar-refractivity contribution in [2.24, 2.45) is 7.05 Å². The van der Waals surface area contributed by atoms with Gasteiger partial charge < -0.3 is 14.6 Å². The Morgan fingerprint density at radius 2 is 2.12 bits per heavy atom. The van der Waals surface area contributed by atoms with E-state index in [9.17, 15) is 4.79 Å². The number of thiophene rings is 1. The van der Waals surface area contributed by atoms with Crippen LogP contribution in [0.25, 0.3) is 10.7 Å². The van der Waals surface area contributed by atoms with Gasteiger partial charge in [0.05, 0.1) is 23.4 Å². The number of carbonyl (C=O) groups is 1. The standard InChI is InChI=1S/C16H16N4O2S2/c1-20-15(13-8-5-9-23-13)18-19-16(20)24-10-14(21)17-11-6-3-4-7-12(11)22-2/h3-9H,10H2,1-2H3,(H,17,21). The fourth-order valence-corrected chi connectivity index (χ4v) is 3.58. The number of thioether (sulfide) groups is 1. The van der Waals surface area contributed by atoms with Crippen LogP contribution in [0.3, 0.4) is 0 Å². The summed E-state index contributed by atoms with van der Waals surface area (Å²) < 4.78 is 7.12. The molecular weight excluding hydrogens is 344 g/mol. The number of methoxy groups -OCH3 is 1. The van der Waals surface area contributed by atoms with E-state index in [0.717, 1.165) is 10.7 Å². The molecule has 0 aliphatic carbocycles. The molecule has 0 bridgehead atoms. The van der Waals surface area contributed by atoms with Gasteiger partial charge in [-0.15, -0.1) is 21.5 Å². The predicted octanol–water partition coefficient (Wildman–Crippen LogP) is 3.28. The molecule has 24 heavy (non-hydrogen) atoms. The van der Waals surface area contributed by atoms with Gasteiger partial charge in [0.15, 0.2) is 11.0 Å². The number of amides is 1. The maximum Gasteiger partial charge on any atom is 0.234 e. The van der Waals surface area contributed by atoms with Gasteiger partial charge in [-0.1, -0.05) is 30.0 Å². The Labute approximate surface area is 147 Å². The zero-order valence-electron chi connectivity index (χ0n) is 13.2. The molecule has 1 amide bonds. The Kier molecular flexibility index (Phi) is 5.17. The molecule has 0 spiro atoms. The third kappa shape index (κ3) is 3.60. The van der Waals surface area contributed by atoms with Crippen LogP contribution >= 0.6 is 23.1 Å². The molecule has 8 heteroatoms. The zero-order chi connectivity index (χ0) is 16.9. The highest BCUT2D eigenvalue weighted by Crippen LogP contribution is 2.27. The number of aromatic nitrogens is 3. The number of hydrogen-bond acceptors (Lipinski definition) is 6. The van der Waals surface area contributed by atoms with Gasteiger partial charge in [-0.3, -0.25) is 4.79 Å². The number of rotatable bonds is 6. The highest BCUT2D eigenvalue weighted by Gasteiger charge is 2.14. The van der Waals surface area contributed by atoms with E-state index in [2.05, 4.69) is 15.5 Å². The number of nitrogens with zero attached hydrogens (tertiary/aromatic N) is 3. The zero-order valence-corrected chi connectivity index (χ0v) is 14.9. The third-order valence-corrected chi connectivity index (χ3v) is 5.18. The summed E-state index contributed by atoms with van der Waals surface area (Å²) in [6.07, 6.45) is 0. The molecule has 2 aromatic heterocycles. The van der Waals surface area contributed by atoms with E-state index in [1.54, 1.807) is 30.6 Å². The van der Waals surface area contributed by atoms with Crippen LogP contribution in [0, 0.1) is 0 Å². The molecule has 0 radical (unpaired) electrons. The number of benzene rings is 1. The van der Waals surface area contributed by atoms with Crippen LogP contribution in [0.1, 0.15) is 0 Å². The SMILES string of the molecule is COc1ccccc1NC(=O)CSc1nnc(-c2cccs2)n1C. The summed E-state index contributed by atoms with van der Waals surface area (Å²) in [6.45, 7) is 0. The molecule has 124 valence electrons. The monoisotopic (exact) mass is 360 g/mol. The van der Waals surface area contributed by atoms with E-state index in [0.29, 0.717) is 16.6 Å². The van der Waals surface area contributed by atoms with Crippen molar-refractivity contribution in [2.75, 3.05) is 18.2 Å². The maximum absolute atomic E-state index is 12.2. The molecule has 0 unspecified atom stereocenters. The number of carbonyl (C=O) groups excluding carboxylic acids is 1.